The van der Waals surface area contributed by atoms with Crippen molar-refractivity contribution in [3.8, 4) is 0 Å². The number of anilines is 2. The zero-order valence-electron chi connectivity index (χ0n) is 10.6. The fourth-order valence-electron chi connectivity index (χ4n) is 2.51. The Labute approximate surface area is 107 Å². The second-order valence-electron chi connectivity index (χ2n) is 4.36. The van der Waals surface area contributed by atoms with Crippen LogP contribution in [0.1, 0.15) is 11.1 Å². The van der Waals surface area contributed by atoms with E-state index in [-0.39, 0.29) is 0 Å². The van der Waals surface area contributed by atoms with Crippen LogP contribution in [-0.2, 0) is 4.74 Å². The Morgan fingerprint density at radius 2 is 1.39 bits per heavy atom. The first kappa shape index (κ1) is 10.9. The first-order valence-electron chi connectivity index (χ1n) is 5.98. The van der Waals surface area contributed by atoms with Crippen molar-refractivity contribution in [1.82, 2.24) is 0 Å². The molecule has 0 fully saturated rings. The summed E-state index contributed by atoms with van der Waals surface area (Å²) in [6, 6.07) is 16.8. The van der Waals surface area contributed by atoms with Crippen LogP contribution >= 0.6 is 0 Å². The lowest BCUT2D eigenvalue weighted by atomic mass is 9.91. The zero-order valence-corrected chi connectivity index (χ0v) is 10.6. The molecule has 0 radical (unpaired) electrons. The lowest BCUT2D eigenvalue weighted by Gasteiger charge is -2.31. The summed E-state index contributed by atoms with van der Waals surface area (Å²) in [7, 11) is 3.79. The Morgan fingerprint density at radius 3 is 1.89 bits per heavy atom. The van der Waals surface area contributed by atoms with Crippen molar-refractivity contribution in [2.75, 3.05) is 19.1 Å². The molecule has 0 saturated heterocycles. The largest absolute Gasteiger partial charge is 0.504 e. The summed E-state index contributed by atoms with van der Waals surface area (Å²) >= 11 is 0. The number of para-hydroxylation sites is 2. The van der Waals surface area contributed by atoms with E-state index >= 15 is 0 Å². The third-order valence-corrected chi connectivity index (χ3v) is 3.35. The summed E-state index contributed by atoms with van der Waals surface area (Å²) in [5.41, 5.74) is 5.97. The van der Waals surface area contributed by atoms with Crippen molar-refractivity contribution in [3.05, 3.63) is 65.9 Å². The average molecular weight is 237 g/mol. The molecule has 2 heteroatoms. The van der Waals surface area contributed by atoms with Crippen molar-refractivity contribution in [2.24, 2.45) is 0 Å². The molecule has 3 rings (SSSR count). The van der Waals surface area contributed by atoms with E-state index in [1.54, 1.807) is 7.11 Å². The van der Waals surface area contributed by atoms with Gasteiger partial charge < -0.3 is 9.64 Å². The maximum atomic E-state index is 5.25. The molecule has 0 atom stereocenters. The quantitative estimate of drug-likeness (QED) is 0.699. The van der Waals surface area contributed by atoms with Crippen molar-refractivity contribution in [2.45, 2.75) is 0 Å². The molecule has 0 aromatic heterocycles. The maximum absolute atomic E-state index is 5.25. The van der Waals surface area contributed by atoms with Gasteiger partial charge in [-0.2, -0.15) is 0 Å². The number of fused-ring (bicyclic) bond motifs is 2. The van der Waals surface area contributed by atoms with E-state index in [9.17, 15) is 0 Å². The number of hydrogen-bond donors (Lipinski definition) is 0. The van der Waals surface area contributed by atoms with Crippen molar-refractivity contribution in [1.29, 1.82) is 0 Å². The van der Waals surface area contributed by atoms with E-state index in [0.717, 1.165) is 5.57 Å². The summed E-state index contributed by atoms with van der Waals surface area (Å²) in [6.07, 6.45) is 1.82. The van der Waals surface area contributed by atoms with Gasteiger partial charge in [0.15, 0.2) is 0 Å². The molecule has 1 heterocycles. The fourth-order valence-corrected chi connectivity index (χ4v) is 2.51. The van der Waals surface area contributed by atoms with Gasteiger partial charge in [0, 0.05) is 35.1 Å². The minimum Gasteiger partial charge on any atom is -0.504 e. The lowest BCUT2D eigenvalue weighted by Crippen LogP contribution is -2.17. The molecule has 2 aromatic rings. The minimum atomic E-state index is 1.14. The smallest absolute Gasteiger partial charge is 0.0910 e. The van der Waals surface area contributed by atoms with Crippen molar-refractivity contribution < 1.29 is 4.74 Å². The number of benzene rings is 2. The Balaban J connectivity index is 2.30. The molecule has 2 nitrogen and oxygen atoms in total. The van der Waals surface area contributed by atoms with E-state index in [1.165, 1.54) is 22.5 Å². The van der Waals surface area contributed by atoms with Crippen LogP contribution in [0.15, 0.2) is 54.8 Å². The summed E-state index contributed by atoms with van der Waals surface area (Å²) in [4.78, 5) is 2.22. The third kappa shape index (κ3) is 1.50. The van der Waals surface area contributed by atoms with Crippen molar-refractivity contribution >= 4 is 16.9 Å². The lowest BCUT2D eigenvalue weighted by molar-refractivity contribution is 0.340. The zero-order chi connectivity index (χ0) is 12.5. The molecule has 0 unspecified atom stereocenters. The van der Waals surface area contributed by atoms with Gasteiger partial charge in [-0.15, -0.1) is 0 Å². The number of ether oxygens (including phenoxy) is 1. The maximum Gasteiger partial charge on any atom is 0.0910 e. The highest BCUT2D eigenvalue weighted by molar-refractivity contribution is 5.97. The van der Waals surface area contributed by atoms with Gasteiger partial charge in [0.1, 0.15) is 0 Å². The fraction of sp³-hybridized carbons (Fsp3) is 0.125. The van der Waals surface area contributed by atoms with Crippen molar-refractivity contribution in [3.63, 3.8) is 0 Å². The molecule has 0 amide bonds. The van der Waals surface area contributed by atoms with E-state index in [1.807, 2.05) is 6.26 Å². The third-order valence-electron chi connectivity index (χ3n) is 3.35. The molecule has 0 spiro atoms. The number of nitrogens with zero attached hydrogens (tertiary/aromatic N) is 1. The number of methoxy groups -OCH3 is 1. The van der Waals surface area contributed by atoms with E-state index < -0.39 is 0 Å². The first-order chi connectivity index (χ1) is 8.83. The Hall–Kier alpha value is -2.22. The van der Waals surface area contributed by atoms with Gasteiger partial charge in [0.2, 0.25) is 0 Å². The standard InChI is InChI=1S/C16H15NO/c1-17-15-9-5-3-7-12(15)14(11-18-2)13-8-4-6-10-16(13)17/h3-11H,1-2H3. The molecular formula is C16H15NO. The highest BCUT2D eigenvalue weighted by atomic mass is 16.5. The molecule has 18 heavy (non-hydrogen) atoms. The first-order valence-corrected chi connectivity index (χ1v) is 5.98. The van der Waals surface area contributed by atoms with Crippen LogP contribution in [0, 0.1) is 0 Å². The Bertz CT molecular complexity index is 566. The van der Waals surface area contributed by atoms with Gasteiger partial charge in [-0.05, 0) is 12.1 Å². The second-order valence-corrected chi connectivity index (χ2v) is 4.36. The van der Waals surface area contributed by atoms with Gasteiger partial charge in [-0.25, -0.2) is 0 Å². The van der Waals surface area contributed by atoms with Crippen LogP contribution in [0.5, 0.6) is 0 Å². The summed E-state index contributed by atoms with van der Waals surface area (Å²) < 4.78 is 5.25. The summed E-state index contributed by atoms with van der Waals surface area (Å²) in [5, 5.41) is 0. The van der Waals surface area contributed by atoms with Crippen LogP contribution in [-0.4, -0.2) is 14.2 Å². The Kier molecular flexibility index (Phi) is 2.56. The van der Waals surface area contributed by atoms with E-state index in [4.69, 9.17) is 4.74 Å². The van der Waals surface area contributed by atoms with Gasteiger partial charge in [0.05, 0.1) is 13.4 Å². The average Bonchev–Trinajstić information content (AvgIpc) is 2.43. The monoisotopic (exact) mass is 237 g/mol. The van der Waals surface area contributed by atoms with E-state index in [2.05, 4.69) is 60.5 Å². The molecular weight excluding hydrogens is 222 g/mol. The molecule has 1 aliphatic rings. The van der Waals surface area contributed by atoms with Crippen LogP contribution in [0.3, 0.4) is 0 Å². The molecule has 2 aromatic carbocycles. The summed E-state index contributed by atoms with van der Waals surface area (Å²) in [6.45, 7) is 0. The normalized spacial score (nSPS) is 12.8. The Morgan fingerprint density at radius 1 is 0.889 bits per heavy atom. The summed E-state index contributed by atoms with van der Waals surface area (Å²) in [5.74, 6) is 0. The predicted octanol–water partition coefficient (Wildman–Crippen LogP) is 3.80. The highest BCUT2D eigenvalue weighted by Gasteiger charge is 2.23. The topological polar surface area (TPSA) is 12.5 Å². The van der Waals surface area contributed by atoms with Crippen LogP contribution in [0.2, 0.25) is 0 Å². The number of rotatable bonds is 1. The molecule has 0 bridgehead atoms. The molecule has 0 saturated carbocycles. The van der Waals surface area contributed by atoms with Crippen LogP contribution < -0.4 is 4.90 Å². The second kappa shape index (κ2) is 4.22. The van der Waals surface area contributed by atoms with Crippen LogP contribution in [0.4, 0.5) is 11.4 Å². The van der Waals surface area contributed by atoms with Crippen LogP contribution in [0.25, 0.3) is 5.57 Å². The highest BCUT2D eigenvalue weighted by Crippen LogP contribution is 2.43. The SMILES string of the molecule is COC=C1c2ccccc2N(C)c2ccccc21. The van der Waals surface area contributed by atoms with E-state index in [0.29, 0.717) is 0 Å². The van der Waals surface area contributed by atoms with Gasteiger partial charge in [-0.3, -0.25) is 0 Å². The molecule has 0 aliphatic carbocycles. The number of hydrogen-bond acceptors (Lipinski definition) is 2. The molecule has 1 aliphatic heterocycles. The molecule has 90 valence electrons. The molecule has 0 N–H and O–H groups in total. The van der Waals surface area contributed by atoms with Gasteiger partial charge >= 0.3 is 0 Å². The predicted molar refractivity (Wildman–Crippen MR) is 75.0 cm³/mol. The van der Waals surface area contributed by atoms with Gasteiger partial charge in [0.25, 0.3) is 0 Å². The van der Waals surface area contributed by atoms with Gasteiger partial charge in [-0.1, -0.05) is 36.4 Å². The minimum absolute atomic E-state index is 1.14.